The first-order valence-electron chi connectivity index (χ1n) is 3.32. The highest BCUT2D eigenvalue weighted by atomic mass is 127. The molecule has 0 aromatic heterocycles. The second-order valence-corrected chi connectivity index (χ2v) is 3.84. The molecule has 0 aliphatic rings. The molecule has 3 nitrogen and oxygen atoms in total. The van der Waals surface area contributed by atoms with Gasteiger partial charge in [-0.05, 0) is 28.7 Å². The Morgan fingerprint density at radius 2 is 2.23 bits per heavy atom. The summed E-state index contributed by atoms with van der Waals surface area (Å²) < 4.78 is 5.06. The zero-order chi connectivity index (χ0) is 10.0. The molecule has 0 spiro atoms. The van der Waals surface area contributed by atoms with Crippen LogP contribution in [0.25, 0.3) is 0 Å². The Morgan fingerprint density at radius 1 is 1.62 bits per heavy atom. The third-order valence-electron chi connectivity index (χ3n) is 1.44. The van der Waals surface area contributed by atoms with Crippen molar-refractivity contribution in [1.82, 2.24) is 0 Å². The van der Waals surface area contributed by atoms with Gasteiger partial charge in [0.2, 0.25) is 0 Å². The third-order valence-corrected chi connectivity index (χ3v) is 2.62. The number of phenols is 1. The van der Waals surface area contributed by atoms with E-state index in [1.54, 1.807) is 0 Å². The van der Waals surface area contributed by atoms with Crippen LogP contribution in [0.5, 0.6) is 5.75 Å². The lowest BCUT2D eigenvalue weighted by Crippen LogP contribution is -2.02. The SMILES string of the molecule is COC(=O)c1cc(I)c(O)cc1Cl. The topological polar surface area (TPSA) is 46.5 Å². The number of halogens is 2. The Balaban J connectivity index is 3.23. The van der Waals surface area contributed by atoms with Gasteiger partial charge < -0.3 is 9.84 Å². The Hall–Kier alpha value is -0.490. The van der Waals surface area contributed by atoms with E-state index in [2.05, 4.69) is 4.74 Å². The number of hydrogen-bond donors (Lipinski definition) is 1. The first-order valence-corrected chi connectivity index (χ1v) is 4.78. The van der Waals surface area contributed by atoms with Gasteiger partial charge in [-0.2, -0.15) is 0 Å². The minimum absolute atomic E-state index is 0.0539. The second kappa shape index (κ2) is 4.15. The summed E-state index contributed by atoms with van der Waals surface area (Å²) in [5, 5.41) is 9.42. The second-order valence-electron chi connectivity index (χ2n) is 2.28. The maximum atomic E-state index is 11.1. The molecule has 0 saturated heterocycles. The summed E-state index contributed by atoms with van der Waals surface area (Å²) in [7, 11) is 1.28. The number of carbonyl (C=O) groups excluding carboxylic acids is 1. The van der Waals surface area contributed by atoms with Gasteiger partial charge in [-0.1, -0.05) is 11.6 Å². The lowest BCUT2D eigenvalue weighted by atomic mass is 10.2. The minimum atomic E-state index is -0.511. The number of aromatic hydroxyl groups is 1. The highest BCUT2D eigenvalue weighted by Crippen LogP contribution is 2.27. The van der Waals surface area contributed by atoms with Gasteiger partial charge in [0, 0.05) is 6.07 Å². The van der Waals surface area contributed by atoms with Crippen LogP contribution in [-0.4, -0.2) is 18.2 Å². The molecule has 0 fully saturated rings. The van der Waals surface area contributed by atoms with Crippen molar-refractivity contribution in [3.63, 3.8) is 0 Å². The summed E-state index contributed by atoms with van der Waals surface area (Å²) in [5.74, 6) is -0.457. The lowest BCUT2D eigenvalue weighted by molar-refractivity contribution is 0.0601. The Labute approximate surface area is 93.8 Å². The predicted octanol–water partition coefficient (Wildman–Crippen LogP) is 2.44. The minimum Gasteiger partial charge on any atom is -0.507 e. The van der Waals surface area contributed by atoms with Crippen molar-refractivity contribution in [2.45, 2.75) is 0 Å². The molecule has 0 atom stereocenters. The third kappa shape index (κ3) is 2.25. The fourth-order valence-corrected chi connectivity index (χ4v) is 1.50. The number of ether oxygens (including phenoxy) is 1. The summed E-state index contributed by atoms with van der Waals surface area (Å²) in [6, 6.07) is 2.79. The number of phenolic OH excluding ortho intramolecular Hbond substituents is 1. The summed E-state index contributed by atoms with van der Waals surface area (Å²) >= 11 is 7.61. The van der Waals surface area contributed by atoms with Gasteiger partial charge >= 0.3 is 5.97 Å². The molecule has 0 aliphatic heterocycles. The number of esters is 1. The molecular formula is C8H6ClIO3. The van der Waals surface area contributed by atoms with E-state index in [4.69, 9.17) is 11.6 Å². The van der Waals surface area contributed by atoms with E-state index < -0.39 is 5.97 Å². The van der Waals surface area contributed by atoms with Crippen LogP contribution >= 0.6 is 34.2 Å². The van der Waals surface area contributed by atoms with Crippen molar-refractivity contribution >= 4 is 40.2 Å². The van der Waals surface area contributed by atoms with Crippen molar-refractivity contribution in [2.75, 3.05) is 7.11 Å². The zero-order valence-corrected chi connectivity index (χ0v) is 9.59. The molecule has 13 heavy (non-hydrogen) atoms. The molecule has 5 heteroatoms. The van der Waals surface area contributed by atoms with E-state index in [9.17, 15) is 9.90 Å². The molecule has 0 bridgehead atoms. The van der Waals surface area contributed by atoms with E-state index >= 15 is 0 Å². The van der Waals surface area contributed by atoms with Crippen LogP contribution in [0.15, 0.2) is 12.1 Å². The first kappa shape index (κ1) is 10.6. The normalized spacial score (nSPS) is 9.77. The molecule has 0 aliphatic carbocycles. The number of methoxy groups -OCH3 is 1. The summed E-state index contributed by atoms with van der Waals surface area (Å²) in [6.45, 7) is 0. The molecule has 1 aromatic rings. The van der Waals surface area contributed by atoms with Crippen LogP contribution in [-0.2, 0) is 4.74 Å². The molecule has 1 N–H and O–H groups in total. The van der Waals surface area contributed by atoms with E-state index in [1.807, 2.05) is 22.6 Å². The lowest BCUT2D eigenvalue weighted by Gasteiger charge is -2.03. The maximum absolute atomic E-state index is 11.1. The van der Waals surface area contributed by atoms with E-state index in [1.165, 1.54) is 19.2 Å². The van der Waals surface area contributed by atoms with Gasteiger partial charge in [-0.3, -0.25) is 0 Å². The molecule has 0 amide bonds. The van der Waals surface area contributed by atoms with Gasteiger partial charge in [0.15, 0.2) is 0 Å². The average Bonchev–Trinajstić information content (AvgIpc) is 2.10. The van der Waals surface area contributed by atoms with Gasteiger partial charge in [0.05, 0.1) is 21.3 Å². The highest BCUT2D eigenvalue weighted by Gasteiger charge is 2.13. The number of benzene rings is 1. The fraction of sp³-hybridized carbons (Fsp3) is 0.125. The van der Waals surface area contributed by atoms with Crippen molar-refractivity contribution in [3.05, 3.63) is 26.3 Å². The standard InChI is InChI=1S/C8H6ClIO3/c1-13-8(12)4-2-6(10)7(11)3-5(4)9/h2-3,11H,1H3. The van der Waals surface area contributed by atoms with Crippen LogP contribution in [0.4, 0.5) is 0 Å². The van der Waals surface area contributed by atoms with Crippen molar-refractivity contribution < 1.29 is 14.6 Å². The molecule has 70 valence electrons. The Kier molecular flexibility index (Phi) is 3.38. The Bertz CT molecular complexity index is 351. The zero-order valence-electron chi connectivity index (χ0n) is 6.67. The monoisotopic (exact) mass is 312 g/mol. The van der Waals surface area contributed by atoms with Crippen molar-refractivity contribution in [2.24, 2.45) is 0 Å². The van der Waals surface area contributed by atoms with Gasteiger partial charge in [-0.15, -0.1) is 0 Å². The average molecular weight is 312 g/mol. The molecule has 0 radical (unpaired) electrons. The molecule has 0 unspecified atom stereocenters. The first-order chi connectivity index (χ1) is 6.06. The van der Waals surface area contributed by atoms with E-state index in [0.717, 1.165) is 0 Å². The molecule has 1 aromatic carbocycles. The van der Waals surface area contributed by atoms with Crippen molar-refractivity contribution in [1.29, 1.82) is 0 Å². The highest BCUT2D eigenvalue weighted by molar-refractivity contribution is 14.1. The molecule has 1 rings (SSSR count). The largest absolute Gasteiger partial charge is 0.507 e. The number of carbonyl (C=O) groups is 1. The van der Waals surface area contributed by atoms with E-state index in [-0.39, 0.29) is 16.3 Å². The van der Waals surface area contributed by atoms with E-state index in [0.29, 0.717) is 3.57 Å². The quantitative estimate of drug-likeness (QED) is 0.640. The van der Waals surface area contributed by atoms with Crippen LogP contribution in [0.2, 0.25) is 5.02 Å². The van der Waals surface area contributed by atoms with Gasteiger partial charge in [0.1, 0.15) is 5.75 Å². The number of hydrogen-bond acceptors (Lipinski definition) is 3. The molecule has 0 saturated carbocycles. The smallest absolute Gasteiger partial charge is 0.339 e. The van der Waals surface area contributed by atoms with Crippen molar-refractivity contribution in [3.8, 4) is 5.75 Å². The maximum Gasteiger partial charge on any atom is 0.339 e. The molecule has 0 heterocycles. The summed E-state index contributed by atoms with van der Waals surface area (Å²) in [6.07, 6.45) is 0. The fourth-order valence-electron chi connectivity index (χ4n) is 0.803. The van der Waals surface area contributed by atoms with Gasteiger partial charge in [-0.25, -0.2) is 4.79 Å². The molecular weight excluding hydrogens is 306 g/mol. The Morgan fingerprint density at radius 3 is 2.77 bits per heavy atom. The van der Waals surface area contributed by atoms with Crippen LogP contribution in [0, 0.1) is 3.57 Å². The number of rotatable bonds is 1. The van der Waals surface area contributed by atoms with Gasteiger partial charge in [0.25, 0.3) is 0 Å². The predicted molar refractivity (Wildman–Crippen MR) is 57.2 cm³/mol. The summed E-state index contributed by atoms with van der Waals surface area (Å²) in [4.78, 5) is 11.1. The summed E-state index contributed by atoms with van der Waals surface area (Å²) in [5.41, 5.74) is 0.256. The van der Waals surface area contributed by atoms with Crippen LogP contribution < -0.4 is 0 Å². The van der Waals surface area contributed by atoms with Crippen LogP contribution in [0.1, 0.15) is 10.4 Å². The van der Waals surface area contributed by atoms with Crippen LogP contribution in [0.3, 0.4) is 0 Å².